The molecule has 0 aliphatic carbocycles. The maximum atomic E-state index is 9.11. The molecule has 0 aliphatic rings. The minimum atomic E-state index is 0.0913. The normalized spacial score (nSPS) is 12.5. The van der Waals surface area contributed by atoms with E-state index in [1.54, 1.807) is 0 Å². The SMILES string of the molecule is Cc1ccc(C)c(Oc2ccc(C(CN)N(C)CCO)cc2)c1C. The lowest BCUT2D eigenvalue weighted by atomic mass is 10.0. The maximum Gasteiger partial charge on any atom is 0.133 e. The number of hydrogen-bond acceptors (Lipinski definition) is 4. The number of rotatable bonds is 7. The second kappa shape index (κ2) is 8.29. The van der Waals surface area contributed by atoms with Crippen LogP contribution >= 0.6 is 0 Å². The van der Waals surface area contributed by atoms with Gasteiger partial charge in [0.1, 0.15) is 11.5 Å². The summed E-state index contributed by atoms with van der Waals surface area (Å²) in [5, 5.41) is 9.11. The van der Waals surface area contributed by atoms with Crippen LogP contribution in [0.5, 0.6) is 11.5 Å². The summed E-state index contributed by atoms with van der Waals surface area (Å²) in [5.74, 6) is 1.74. The summed E-state index contributed by atoms with van der Waals surface area (Å²) in [6.45, 7) is 7.47. The fraction of sp³-hybridized carbons (Fsp3) is 0.400. The number of benzene rings is 2. The number of nitrogens with two attached hydrogens (primary N) is 1. The molecule has 0 amide bonds. The van der Waals surface area contributed by atoms with Gasteiger partial charge in [0.05, 0.1) is 6.61 Å². The van der Waals surface area contributed by atoms with Crippen molar-refractivity contribution >= 4 is 0 Å². The number of aliphatic hydroxyl groups excluding tert-OH is 1. The van der Waals surface area contributed by atoms with Crippen molar-refractivity contribution in [1.82, 2.24) is 4.90 Å². The Kier molecular flexibility index (Phi) is 6.37. The van der Waals surface area contributed by atoms with Gasteiger partial charge in [-0.3, -0.25) is 4.90 Å². The van der Waals surface area contributed by atoms with Crippen LogP contribution in [0, 0.1) is 20.8 Å². The second-order valence-electron chi connectivity index (χ2n) is 6.28. The van der Waals surface area contributed by atoms with Crippen molar-refractivity contribution in [1.29, 1.82) is 0 Å². The van der Waals surface area contributed by atoms with Gasteiger partial charge in [-0.1, -0.05) is 24.3 Å². The fourth-order valence-electron chi connectivity index (χ4n) is 2.84. The van der Waals surface area contributed by atoms with E-state index in [4.69, 9.17) is 15.6 Å². The molecule has 4 nitrogen and oxygen atoms in total. The zero-order valence-electron chi connectivity index (χ0n) is 15.0. The van der Waals surface area contributed by atoms with Gasteiger partial charge in [0.2, 0.25) is 0 Å². The molecular weight excluding hydrogens is 300 g/mol. The zero-order valence-corrected chi connectivity index (χ0v) is 15.0. The largest absolute Gasteiger partial charge is 0.457 e. The highest BCUT2D eigenvalue weighted by Crippen LogP contribution is 2.31. The van der Waals surface area contributed by atoms with Crippen LogP contribution < -0.4 is 10.5 Å². The first-order valence-corrected chi connectivity index (χ1v) is 8.33. The Labute approximate surface area is 144 Å². The van der Waals surface area contributed by atoms with Gasteiger partial charge < -0.3 is 15.6 Å². The first-order chi connectivity index (χ1) is 11.5. The predicted molar refractivity (Wildman–Crippen MR) is 98.7 cm³/mol. The molecule has 0 heterocycles. The molecule has 0 aromatic heterocycles. The monoisotopic (exact) mass is 328 g/mol. The van der Waals surface area contributed by atoms with Crippen LogP contribution in [0.4, 0.5) is 0 Å². The van der Waals surface area contributed by atoms with Crippen LogP contribution in [-0.4, -0.2) is 36.8 Å². The van der Waals surface area contributed by atoms with Gasteiger partial charge in [-0.25, -0.2) is 0 Å². The standard InChI is InChI=1S/C20H28N2O2/c1-14-5-6-15(2)20(16(14)3)24-18-9-7-17(8-10-18)19(13-21)22(4)11-12-23/h5-10,19,23H,11-13,21H2,1-4H3. The highest BCUT2D eigenvalue weighted by Gasteiger charge is 2.15. The molecule has 2 aromatic rings. The first kappa shape index (κ1) is 18.5. The quantitative estimate of drug-likeness (QED) is 0.818. The third-order valence-corrected chi connectivity index (χ3v) is 4.57. The van der Waals surface area contributed by atoms with E-state index in [1.807, 2.05) is 31.3 Å². The summed E-state index contributed by atoms with van der Waals surface area (Å²) in [6, 6.07) is 12.3. The molecule has 0 aliphatic heterocycles. The van der Waals surface area contributed by atoms with E-state index >= 15 is 0 Å². The second-order valence-corrected chi connectivity index (χ2v) is 6.28. The number of hydrogen-bond donors (Lipinski definition) is 2. The summed E-state index contributed by atoms with van der Waals surface area (Å²) >= 11 is 0. The summed E-state index contributed by atoms with van der Waals surface area (Å²) in [7, 11) is 1.97. The van der Waals surface area contributed by atoms with Crippen LogP contribution in [-0.2, 0) is 0 Å². The third kappa shape index (κ3) is 4.15. The first-order valence-electron chi connectivity index (χ1n) is 8.33. The minimum Gasteiger partial charge on any atom is -0.457 e. The molecule has 0 bridgehead atoms. The molecule has 0 radical (unpaired) electrons. The zero-order chi connectivity index (χ0) is 17.7. The van der Waals surface area contributed by atoms with E-state index in [0.717, 1.165) is 22.6 Å². The van der Waals surface area contributed by atoms with Crippen molar-refractivity contribution in [3.05, 3.63) is 58.7 Å². The smallest absolute Gasteiger partial charge is 0.133 e. The van der Waals surface area contributed by atoms with E-state index < -0.39 is 0 Å². The Bertz CT molecular complexity index is 668. The number of aryl methyl sites for hydroxylation is 2. The summed E-state index contributed by atoms with van der Waals surface area (Å²) < 4.78 is 6.11. The molecule has 24 heavy (non-hydrogen) atoms. The molecular formula is C20H28N2O2. The van der Waals surface area contributed by atoms with Crippen molar-refractivity contribution < 1.29 is 9.84 Å². The Balaban J connectivity index is 2.19. The van der Waals surface area contributed by atoms with E-state index in [1.165, 1.54) is 11.1 Å². The molecule has 0 fully saturated rings. The number of nitrogens with zero attached hydrogens (tertiary/aromatic N) is 1. The minimum absolute atomic E-state index is 0.0913. The molecule has 2 rings (SSSR count). The van der Waals surface area contributed by atoms with E-state index in [2.05, 4.69) is 37.8 Å². The lowest BCUT2D eigenvalue weighted by Crippen LogP contribution is -2.32. The van der Waals surface area contributed by atoms with Crippen LogP contribution in [0.3, 0.4) is 0 Å². The van der Waals surface area contributed by atoms with Crippen molar-refractivity contribution in [2.45, 2.75) is 26.8 Å². The third-order valence-electron chi connectivity index (χ3n) is 4.57. The molecule has 0 spiro atoms. The van der Waals surface area contributed by atoms with Crippen LogP contribution in [0.25, 0.3) is 0 Å². The fourth-order valence-corrected chi connectivity index (χ4v) is 2.84. The molecule has 1 atom stereocenters. The molecule has 3 N–H and O–H groups in total. The van der Waals surface area contributed by atoms with Crippen molar-refractivity contribution in [3.8, 4) is 11.5 Å². The predicted octanol–water partition coefficient (Wildman–Crippen LogP) is 3.33. The van der Waals surface area contributed by atoms with Gasteiger partial charge in [0, 0.05) is 19.1 Å². The number of aliphatic hydroxyl groups is 1. The van der Waals surface area contributed by atoms with Gasteiger partial charge in [-0.2, -0.15) is 0 Å². The molecule has 0 saturated heterocycles. The summed E-state index contributed by atoms with van der Waals surface area (Å²) in [5.41, 5.74) is 10.5. The molecule has 130 valence electrons. The number of likely N-dealkylation sites (N-methyl/N-ethyl adjacent to an activating group) is 1. The molecule has 0 saturated carbocycles. The van der Waals surface area contributed by atoms with Gasteiger partial charge in [0.15, 0.2) is 0 Å². The maximum absolute atomic E-state index is 9.11. The van der Waals surface area contributed by atoms with Crippen molar-refractivity contribution in [2.24, 2.45) is 5.73 Å². The summed E-state index contributed by atoms with van der Waals surface area (Å²) in [4.78, 5) is 2.06. The average molecular weight is 328 g/mol. The highest BCUT2D eigenvalue weighted by atomic mass is 16.5. The Morgan fingerprint density at radius 3 is 2.25 bits per heavy atom. The van der Waals surface area contributed by atoms with Crippen LogP contribution in [0.1, 0.15) is 28.3 Å². The average Bonchev–Trinajstić information content (AvgIpc) is 2.57. The lowest BCUT2D eigenvalue weighted by molar-refractivity contribution is 0.183. The molecule has 2 aromatic carbocycles. The lowest BCUT2D eigenvalue weighted by Gasteiger charge is -2.26. The van der Waals surface area contributed by atoms with Crippen molar-refractivity contribution in [3.63, 3.8) is 0 Å². The van der Waals surface area contributed by atoms with E-state index in [9.17, 15) is 0 Å². The van der Waals surface area contributed by atoms with E-state index in [-0.39, 0.29) is 12.6 Å². The Morgan fingerprint density at radius 2 is 1.67 bits per heavy atom. The van der Waals surface area contributed by atoms with Gasteiger partial charge in [-0.15, -0.1) is 0 Å². The topological polar surface area (TPSA) is 58.7 Å². The van der Waals surface area contributed by atoms with Crippen LogP contribution in [0.2, 0.25) is 0 Å². The van der Waals surface area contributed by atoms with Gasteiger partial charge in [0.25, 0.3) is 0 Å². The van der Waals surface area contributed by atoms with E-state index in [0.29, 0.717) is 13.1 Å². The highest BCUT2D eigenvalue weighted by molar-refractivity contribution is 5.47. The molecule has 1 unspecified atom stereocenters. The number of ether oxygens (including phenoxy) is 1. The Morgan fingerprint density at radius 1 is 1.04 bits per heavy atom. The van der Waals surface area contributed by atoms with Gasteiger partial charge in [-0.05, 0) is 62.2 Å². The van der Waals surface area contributed by atoms with Crippen molar-refractivity contribution in [2.75, 3.05) is 26.7 Å². The Hall–Kier alpha value is -1.88. The van der Waals surface area contributed by atoms with Crippen LogP contribution in [0.15, 0.2) is 36.4 Å². The summed E-state index contributed by atoms with van der Waals surface area (Å²) in [6.07, 6.45) is 0. The van der Waals surface area contributed by atoms with Gasteiger partial charge >= 0.3 is 0 Å². The molecule has 4 heteroatoms.